The topological polar surface area (TPSA) is 102 Å². The summed E-state index contributed by atoms with van der Waals surface area (Å²) in [4.78, 5) is 49.8. The summed E-state index contributed by atoms with van der Waals surface area (Å²) < 4.78 is 24.7. The molecule has 184 valence electrons. The van der Waals surface area contributed by atoms with Gasteiger partial charge in [0.15, 0.2) is 5.78 Å². The molecule has 1 aliphatic rings. The molecule has 0 saturated carbocycles. The van der Waals surface area contributed by atoms with Gasteiger partial charge in [-0.2, -0.15) is 0 Å². The number of amides is 2. The maximum Gasteiger partial charge on any atom is 0.410 e. The lowest BCUT2D eigenvalue weighted by atomic mass is 9.97. The molecule has 9 heteroatoms. The minimum Gasteiger partial charge on any atom is -0.444 e. The quantitative estimate of drug-likeness (QED) is 0.527. The predicted octanol–water partition coefficient (Wildman–Crippen LogP) is 4.19. The van der Waals surface area contributed by atoms with Gasteiger partial charge in [-0.3, -0.25) is 14.5 Å². The number of hydrogen-bond acceptors (Lipinski definition) is 6. The molecule has 0 unspecified atom stereocenters. The third kappa shape index (κ3) is 9.96. The van der Waals surface area contributed by atoms with Crippen molar-refractivity contribution in [3.05, 3.63) is 0 Å². The van der Waals surface area contributed by atoms with Gasteiger partial charge in [0.25, 0.3) is 0 Å². The predicted molar refractivity (Wildman–Crippen MR) is 118 cm³/mol. The highest BCUT2D eigenvalue weighted by Crippen LogP contribution is 2.25. The first kappa shape index (κ1) is 27.8. The molecule has 1 heterocycles. The zero-order valence-corrected chi connectivity index (χ0v) is 20.5. The lowest BCUT2D eigenvalue weighted by Crippen LogP contribution is -2.44. The van der Waals surface area contributed by atoms with E-state index in [1.54, 1.807) is 41.5 Å². The van der Waals surface area contributed by atoms with E-state index in [0.29, 0.717) is 13.0 Å². The summed E-state index contributed by atoms with van der Waals surface area (Å²) in [5.74, 6) is -0.623. The Morgan fingerprint density at radius 2 is 1.75 bits per heavy atom. The van der Waals surface area contributed by atoms with E-state index >= 15 is 0 Å². The highest BCUT2D eigenvalue weighted by molar-refractivity contribution is 5.88. The molecular weight excluding hydrogens is 419 g/mol. The number of carbonyl (C=O) groups excluding carboxylic acids is 4. The minimum absolute atomic E-state index is 0.0308. The molecule has 0 aromatic heterocycles. The fraction of sp³-hybridized carbons (Fsp3) is 0.826. The van der Waals surface area contributed by atoms with Crippen molar-refractivity contribution in [2.75, 3.05) is 13.1 Å². The third-order valence-electron chi connectivity index (χ3n) is 5.37. The van der Waals surface area contributed by atoms with Crippen molar-refractivity contribution < 1.29 is 33.0 Å². The normalized spacial score (nSPS) is 18.6. The molecule has 0 aromatic rings. The summed E-state index contributed by atoms with van der Waals surface area (Å²) in [7, 11) is 0. The molecule has 0 aromatic carbocycles. The average Bonchev–Trinajstić information content (AvgIpc) is 3.13. The Morgan fingerprint density at radius 1 is 1.12 bits per heavy atom. The Balaban J connectivity index is 2.49. The molecule has 1 N–H and O–H groups in total. The van der Waals surface area contributed by atoms with E-state index in [0.717, 1.165) is 6.42 Å². The van der Waals surface area contributed by atoms with E-state index in [-0.39, 0.29) is 37.4 Å². The molecule has 8 nitrogen and oxygen atoms in total. The SMILES string of the molecule is CC(=O)[C@@H](C)C[C@@H](F)CNC(=O)OC(C)(C)CCC(=O)[C@@H]1CCCN1C(=O)OC(C)(C)C. The minimum atomic E-state index is -1.35. The van der Waals surface area contributed by atoms with Crippen LogP contribution in [0.4, 0.5) is 14.0 Å². The smallest absolute Gasteiger partial charge is 0.410 e. The van der Waals surface area contributed by atoms with Crippen LogP contribution in [-0.2, 0) is 19.1 Å². The number of nitrogens with one attached hydrogen (secondary N) is 1. The van der Waals surface area contributed by atoms with E-state index < -0.39 is 41.5 Å². The summed E-state index contributed by atoms with van der Waals surface area (Å²) in [6, 6.07) is -0.537. The Bertz CT molecular complexity index is 688. The first-order valence-electron chi connectivity index (χ1n) is 11.2. The summed E-state index contributed by atoms with van der Waals surface area (Å²) >= 11 is 0. The summed E-state index contributed by atoms with van der Waals surface area (Å²) in [6.45, 7) is 11.9. The molecule has 1 saturated heterocycles. The van der Waals surface area contributed by atoms with Crippen LogP contribution in [0, 0.1) is 5.92 Å². The second-order valence-electron chi connectivity index (χ2n) is 10.2. The first-order chi connectivity index (χ1) is 14.6. The second-order valence-corrected chi connectivity index (χ2v) is 10.2. The van der Waals surface area contributed by atoms with E-state index in [4.69, 9.17) is 9.47 Å². The molecular formula is C23H39FN2O6. The number of likely N-dealkylation sites (tertiary alicyclic amines) is 1. The highest BCUT2D eigenvalue weighted by atomic mass is 19.1. The molecule has 3 atom stereocenters. The van der Waals surface area contributed by atoms with Crippen LogP contribution in [0.15, 0.2) is 0 Å². The highest BCUT2D eigenvalue weighted by Gasteiger charge is 2.37. The maximum absolute atomic E-state index is 13.9. The van der Waals surface area contributed by atoms with Crippen LogP contribution in [0.2, 0.25) is 0 Å². The van der Waals surface area contributed by atoms with Crippen LogP contribution in [0.5, 0.6) is 0 Å². The fourth-order valence-corrected chi connectivity index (χ4v) is 3.40. The standard InChI is InChI=1S/C23H39FN2O6/c1-15(16(2)27)13-17(24)14-25-20(29)31-23(6,7)11-10-19(28)18-9-8-12-26(18)21(30)32-22(3,4)5/h15,17-18H,8-14H2,1-7H3,(H,25,29)/t15-,17+,18-/m0/s1. The zero-order chi connectivity index (χ0) is 24.7. The number of Topliss-reactive ketones (excluding diaryl/α,β-unsaturated/α-hetero) is 2. The van der Waals surface area contributed by atoms with Crippen molar-refractivity contribution in [3.8, 4) is 0 Å². The molecule has 1 aliphatic heterocycles. The van der Waals surface area contributed by atoms with Gasteiger partial charge in [-0.15, -0.1) is 0 Å². The summed E-state index contributed by atoms with van der Waals surface area (Å²) in [5.41, 5.74) is -1.59. The number of hydrogen-bond donors (Lipinski definition) is 1. The molecule has 0 radical (unpaired) electrons. The first-order valence-corrected chi connectivity index (χ1v) is 11.2. The number of nitrogens with zero attached hydrogens (tertiary/aromatic N) is 1. The number of alkyl carbamates (subject to hydrolysis) is 1. The van der Waals surface area contributed by atoms with Crippen LogP contribution in [0.25, 0.3) is 0 Å². The third-order valence-corrected chi connectivity index (χ3v) is 5.37. The largest absolute Gasteiger partial charge is 0.444 e. The van der Waals surface area contributed by atoms with Crippen molar-refractivity contribution in [3.63, 3.8) is 0 Å². The lowest BCUT2D eigenvalue weighted by Gasteiger charge is -2.29. The van der Waals surface area contributed by atoms with Crippen LogP contribution in [0.1, 0.15) is 80.6 Å². The van der Waals surface area contributed by atoms with Crippen LogP contribution < -0.4 is 5.32 Å². The molecule has 32 heavy (non-hydrogen) atoms. The monoisotopic (exact) mass is 458 g/mol. The van der Waals surface area contributed by atoms with E-state index in [9.17, 15) is 23.6 Å². The van der Waals surface area contributed by atoms with Crippen molar-refractivity contribution >= 4 is 23.8 Å². The molecule has 1 fully saturated rings. The van der Waals surface area contributed by atoms with E-state index in [1.165, 1.54) is 11.8 Å². The number of halogens is 1. The molecule has 0 spiro atoms. The lowest BCUT2D eigenvalue weighted by molar-refractivity contribution is -0.124. The van der Waals surface area contributed by atoms with Gasteiger partial charge in [0.1, 0.15) is 23.2 Å². The maximum atomic E-state index is 13.9. The zero-order valence-electron chi connectivity index (χ0n) is 20.5. The Labute approximate surface area is 190 Å². The number of ketones is 2. The van der Waals surface area contributed by atoms with E-state index in [1.807, 2.05) is 0 Å². The van der Waals surface area contributed by atoms with Crippen molar-refractivity contribution in [2.24, 2.45) is 5.92 Å². The molecule has 0 aliphatic carbocycles. The van der Waals surface area contributed by atoms with Crippen LogP contribution in [0.3, 0.4) is 0 Å². The Hall–Kier alpha value is -2.19. The Morgan fingerprint density at radius 3 is 2.31 bits per heavy atom. The van der Waals surface area contributed by atoms with Crippen molar-refractivity contribution in [2.45, 2.75) is 104 Å². The second kappa shape index (κ2) is 11.6. The summed E-state index contributed by atoms with van der Waals surface area (Å²) in [5, 5.41) is 2.37. The van der Waals surface area contributed by atoms with Gasteiger partial charge in [0, 0.05) is 18.9 Å². The molecule has 2 amide bonds. The average molecular weight is 459 g/mol. The summed E-state index contributed by atoms with van der Waals surface area (Å²) in [6.07, 6.45) is -0.901. The van der Waals surface area contributed by atoms with Crippen LogP contribution >= 0.6 is 0 Å². The van der Waals surface area contributed by atoms with Gasteiger partial charge in [-0.25, -0.2) is 14.0 Å². The van der Waals surface area contributed by atoms with Gasteiger partial charge >= 0.3 is 12.2 Å². The number of alkyl halides is 1. The molecule has 1 rings (SSSR count). The fourth-order valence-electron chi connectivity index (χ4n) is 3.40. The van der Waals surface area contributed by atoms with Gasteiger partial charge in [-0.1, -0.05) is 6.92 Å². The van der Waals surface area contributed by atoms with E-state index in [2.05, 4.69) is 5.32 Å². The molecule has 0 bridgehead atoms. The van der Waals surface area contributed by atoms with Crippen molar-refractivity contribution in [1.82, 2.24) is 10.2 Å². The van der Waals surface area contributed by atoms with Gasteiger partial charge < -0.3 is 14.8 Å². The number of carbonyl (C=O) groups is 4. The van der Waals surface area contributed by atoms with Crippen LogP contribution in [-0.4, -0.2) is 65.2 Å². The number of ether oxygens (including phenoxy) is 2. The van der Waals surface area contributed by atoms with Gasteiger partial charge in [-0.05, 0) is 67.2 Å². The van der Waals surface area contributed by atoms with Crippen molar-refractivity contribution in [1.29, 1.82) is 0 Å². The van der Waals surface area contributed by atoms with Gasteiger partial charge in [0.05, 0.1) is 12.6 Å². The van der Waals surface area contributed by atoms with Gasteiger partial charge in [0.2, 0.25) is 0 Å². The number of rotatable bonds is 10. The Kier molecular flexibility index (Phi) is 10.1.